The summed E-state index contributed by atoms with van der Waals surface area (Å²) in [6.45, 7) is 3.41. The molecule has 0 aliphatic heterocycles. The van der Waals surface area contributed by atoms with E-state index in [0.717, 1.165) is 19.3 Å². The van der Waals surface area contributed by atoms with Gasteiger partial charge in [-0.15, -0.1) is 0 Å². The Balaban J connectivity index is 2.28. The second-order valence-electron chi connectivity index (χ2n) is 4.01. The van der Waals surface area contributed by atoms with Crippen molar-refractivity contribution >= 4 is 10.0 Å². The van der Waals surface area contributed by atoms with Crippen LogP contribution < -0.4 is 4.72 Å². The Labute approximate surface area is 89.3 Å². The Bertz CT molecular complexity index is 440. The number of hydrogen-bond donors (Lipinski definition) is 2. The average molecular weight is 229 g/mol. The van der Waals surface area contributed by atoms with E-state index in [9.17, 15) is 8.42 Å². The lowest BCUT2D eigenvalue weighted by molar-refractivity contribution is 0.383. The molecular weight excluding hydrogens is 214 g/mol. The number of aromatic nitrogens is 2. The molecule has 0 aromatic carbocycles. The summed E-state index contributed by atoms with van der Waals surface area (Å²) < 4.78 is 26.6. The van der Waals surface area contributed by atoms with E-state index in [0.29, 0.717) is 16.3 Å². The predicted molar refractivity (Wildman–Crippen MR) is 56.0 cm³/mol. The van der Waals surface area contributed by atoms with Gasteiger partial charge in [-0.3, -0.25) is 5.10 Å². The van der Waals surface area contributed by atoms with E-state index >= 15 is 0 Å². The molecule has 84 valence electrons. The van der Waals surface area contributed by atoms with Gasteiger partial charge in [0.25, 0.3) is 0 Å². The van der Waals surface area contributed by atoms with Crippen molar-refractivity contribution in [3.05, 3.63) is 11.4 Å². The second kappa shape index (κ2) is 3.61. The van der Waals surface area contributed by atoms with Gasteiger partial charge in [-0.25, -0.2) is 13.1 Å². The van der Waals surface area contributed by atoms with Gasteiger partial charge in [0.15, 0.2) is 0 Å². The van der Waals surface area contributed by atoms with Crippen molar-refractivity contribution in [3.63, 3.8) is 0 Å². The highest BCUT2D eigenvalue weighted by atomic mass is 32.2. The molecule has 6 heteroatoms. The van der Waals surface area contributed by atoms with Gasteiger partial charge >= 0.3 is 0 Å². The lowest BCUT2D eigenvalue weighted by Crippen LogP contribution is -2.39. The zero-order valence-corrected chi connectivity index (χ0v) is 9.69. The van der Waals surface area contributed by atoms with E-state index in [2.05, 4.69) is 14.9 Å². The van der Waals surface area contributed by atoms with Crippen LogP contribution in [0.4, 0.5) is 0 Å². The molecule has 1 aliphatic carbocycles. The highest BCUT2D eigenvalue weighted by molar-refractivity contribution is 7.89. The molecule has 1 aromatic rings. The summed E-state index contributed by atoms with van der Waals surface area (Å²) in [5.41, 5.74) is 1.12. The fraction of sp³-hybridized carbons (Fsp3) is 0.667. The fourth-order valence-corrected chi connectivity index (χ4v) is 3.42. The fourth-order valence-electron chi connectivity index (χ4n) is 1.74. The van der Waals surface area contributed by atoms with Crippen molar-refractivity contribution in [1.29, 1.82) is 0 Å². The van der Waals surface area contributed by atoms with Gasteiger partial charge in [0, 0.05) is 6.04 Å². The lowest BCUT2D eigenvalue weighted by Gasteiger charge is -2.26. The quantitative estimate of drug-likeness (QED) is 0.807. The van der Waals surface area contributed by atoms with Crippen molar-refractivity contribution in [3.8, 4) is 0 Å². The van der Waals surface area contributed by atoms with Gasteiger partial charge in [0.2, 0.25) is 10.0 Å². The van der Waals surface area contributed by atoms with Gasteiger partial charge in [-0.05, 0) is 26.7 Å². The molecule has 0 spiro atoms. The minimum absolute atomic E-state index is 0.115. The Morgan fingerprint density at radius 1 is 1.40 bits per heavy atom. The molecule has 0 radical (unpaired) electrons. The van der Waals surface area contributed by atoms with Crippen LogP contribution in [0.2, 0.25) is 0 Å². The van der Waals surface area contributed by atoms with E-state index in [-0.39, 0.29) is 6.04 Å². The minimum atomic E-state index is -3.38. The Hall–Kier alpha value is -0.880. The van der Waals surface area contributed by atoms with Crippen LogP contribution in [0.25, 0.3) is 0 Å². The first-order valence-electron chi connectivity index (χ1n) is 5.04. The summed E-state index contributed by atoms with van der Waals surface area (Å²) in [5.74, 6) is 0. The third-order valence-corrected chi connectivity index (χ3v) is 4.54. The van der Waals surface area contributed by atoms with Crippen molar-refractivity contribution < 1.29 is 8.42 Å². The number of aryl methyl sites for hydroxylation is 2. The largest absolute Gasteiger partial charge is 0.281 e. The summed E-state index contributed by atoms with van der Waals surface area (Å²) in [4.78, 5) is 0.300. The molecule has 2 N–H and O–H groups in total. The average Bonchev–Trinajstić information content (AvgIpc) is 2.40. The number of H-pyrrole nitrogens is 1. The smallest absolute Gasteiger partial charge is 0.244 e. The van der Waals surface area contributed by atoms with Crippen LogP contribution in [0, 0.1) is 13.8 Å². The van der Waals surface area contributed by atoms with E-state index in [1.54, 1.807) is 13.8 Å². The number of nitrogens with one attached hydrogen (secondary N) is 2. The maximum Gasteiger partial charge on any atom is 0.244 e. The minimum Gasteiger partial charge on any atom is -0.281 e. The first-order valence-corrected chi connectivity index (χ1v) is 6.53. The third kappa shape index (κ3) is 1.91. The maximum absolute atomic E-state index is 12.0. The molecule has 15 heavy (non-hydrogen) atoms. The lowest BCUT2D eigenvalue weighted by atomic mass is 9.94. The normalized spacial score (nSPS) is 17.7. The molecule has 1 saturated carbocycles. The summed E-state index contributed by atoms with van der Waals surface area (Å²) in [5, 5.41) is 6.57. The molecule has 0 unspecified atom stereocenters. The van der Waals surface area contributed by atoms with E-state index in [1.807, 2.05) is 0 Å². The van der Waals surface area contributed by atoms with Crippen LogP contribution in [-0.2, 0) is 10.0 Å². The molecule has 0 amide bonds. The Kier molecular flexibility index (Phi) is 2.56. The molecule has 0 bridgehead atoms. The van der Waals surface area contributed by atoms with Gasteiger partial charge < -0.3 is 0 Å². The number of rotatable bonds is 3. The molecule has 0 atom stereocenters. The molecule has 1 aliphatic rings. The standard InChI is InChI=1S/C9H15N3O2S/c1-6-9(7(2)11-10-6)15(13,14)12-8-4-3-5-8/h8,12H,3-5H2,1-2H3,(H,10,11). The third-order valence-electron chi connectivity index (χ3n) is 2.76. The molecule has 1 fully saturated rings. The van der Waals surface area contributed by atoms with Crippen molar-refractivity contribution in [2.24, 2.45) is 0 Å². The van der Waals surface area contributed by atoms with Crippen LogP contribution >= 0.6 is 0 Å². The maximum atomic E-state index is 12.0. The highest BCUT2D eigenvalue weighted by Crippen LogP contribution is 2.23. The molecule has 1 aromatic heterocycles. The van der Waals surface area contributed by atoms with Crippen LogP contribution in [0.15, 0.2) is 4.90 Å². The Morgan fingerprint density at radius 2 is 2.07 bits per heavy atom. The van der Waals surface area contributed by atoms with Gasteiger partial charge in [-0.1, -0.05) is 6.42 Å². The molecular formula is C9H15N3O2S. The SMILES string of the molecule is Cc1n[nH]c(C)c1S(=O)(=O)NC1CCC1. The molecule has 0 saturated heterocycles. The predicted octanol–water partition coefficient (Wildman–Crippen LogP) is 0.857. The van der Waals surface area contributed by atoms with Crippen LogP contribution in [0.1, 0.15) is 30.7 Å². The molecule has 2 rings (SSSR count). The summed E-state index contributed by atoms with van der Waals surface area (Å²) in [6, 6.07) is 0.115. The first-order chi connectivity index (χ1) is 7.00. The monoisotopic (exact) mass is 229 g/mol. The topological polar surface area (TPSA) is 74.8 Å². The molecule has 1 heterocycles. The van der Waals surface area contributed by atoms with Crippen molar-refractivity contribution in [2.45, 2.75) is 44.0 Å². The number of aromatic amines is 1. The zero-order chi connectivity index (χ0) is 11.1. The summed E-state index contributed by atoms with van der Waals surface area (Å²) >= 11 is 0. The number of hydrogen-bond acceptors (Lipinski definition) is 3. The highest BCUT2D eigenvalue weighted by Gasteiger charge is 2.28. The molecule has 5 nitrogen and oxygen atoms in total. The van der Waals surface area contributed by atoms with Crippen LogP contribution in [-0.4, -0.2) is 24.7 Å². The van der Waals surface area contributed by atoms with Gasteiger partial charge in [0.05, 0.1) is 11.4 Å². The summed E-state index contributed by atoms with van der Waals surface area (Å²) in [7, 11) is -3.38. The number of sulfonamides is 1. The second-order valence-corrected chi connectivity index (χ2v) is 5.66. The van der Waals surface area contributed by atoms with E-state index in [1.165, 1.54) is 0 Å². The number of nitrogens with zero attached hydrogens (tertiary/aromatic N) is 1. The first kappa shape index (κ1) is 10.6. The van der Waals surface area contributed by atoms with Gasteiger partial charge in [-0.2, -0.15) is 5.10 Å². The van der Waals surface area contributed by atoms with E-state index in [4.69, 9.17) is 0 Å². The van der Waals surface area contributed by atoms with Crippen LogP contribution in [0.5, 0.6) is 0 Å². The Morgan fingerprint density at radius 3 is 2.47 bits per heavy atom. The van der Waals surface area contributed by atoms with E-state index < -0.39 is 10.0 Å². The van der Waals surface area contributed by atoms with Crippen molar-refractivity contribution in [1.82, 2.24) is 14.9 Å². The van der Waals surface area contributed by atoms with Crippen molar-refractivity contribution in [2.75, 3.05) is 0 Å². The van der Waals surface area contributed by atoms with Crippen LogP contribution in [0.3, 0.4) is 0 Å². The zero-order valence-electron chi connectivity index (χ0n) is 8.87. The summed E-state index contributed by atoms with van der Waals surface area (Å²) in [6.07, 6.45) is 2.99. The van der Waals surface area contributed by atoms with Gasteiger partial charge in [0.1, 0.15) is 4.90 Å².